The van der Waals surface area contributed by atoms with Crippen LogP contribution in [0.4, 0.5) is 0 Å². The highest BCUT2D eigenvalue weighted by Gasteiger charge is 2.19. The van der Waals surface area contributed by atoms with Gasteiger partial charge in [-0.2, -0.15) is 0 Å². The summed E-state index contributed by atoms with van der Waals surface area (Å²) in [5.74, 6) is 1.62. The molecule has 0 aliphatic carbocycles. The molecule has 2 N–H and O–H groups in total. The van der Waals surface area contributed by atoms with Gasteiger partial charge < -0.3 is 36.1 Å². The zero-order valence-electron chi connectivity index (χ0n) is 20.1. The number of hydrogen-bond donors (Lipinski definition) is 2. The van der Waals surface area contributed by atoms with Gasteiger partial charge in [0.15, 0.2) is 0 Å². The average molecular weight is 545 g/mol. The molecule has 0 atom stereocenters. The Morgan fingerprint density at radius 2 is 1.30 bits per heavy atom. The van der Waals surface area contributed by atoms with Crippen LogP contribution in [0.25, 0.3) is 11.5 Å². The normalized spacial score (nSPS) is 11.5. The van der Waals surface area contributed by atoms with E-state index in [-0.39, 0.29) is 30.2 Å². The monoisotopic (exact) mass is 543 g/mol. The summed E-state index contributed by atoms with van der Waals surface area (Å²) in [5.41, 5.74) is 0.966. The second kappa shape index (κ2) is 18.4. The smallest absolute Gasteiger partial charge is 0.276 e. The summed E-state index contributed by atoms with van der Waals surface area (Å²) in [4.78, 5) is 0. The standard InChI is InChI=1S/C25H42N3O3S.BrH/c1-28(18-20-29,19-21-30)17-13-8-6-4-2-3-5-7-9-14-22-32-25-27-26-24(31-25)23-15-11-10-12-16-23;/h10-12,15-16,29-30H,2-9,13-14,17-22H2,1H3;1H/q+1;/p-1. The van der Waals surface area contributed by atoms with Crippen LogP contribution in [-0.4, -0.2) is 70.5 Å². The molecule has 0 radical (unpaired) electrons. The van der Waals surface area contributed by atoms with Gasteiger partial charge in [-0.15, -0.1) is 10.2 Å². The topological polar surface area (TPSA) is 79.4 Å². The van der Waals surface area contributed by atoms with Crippen LogP contribution in [0.2, 0.25) is 0 Å². The lowest BCUT2D eigenvalue weighted by atomic mass is 10.1. The average Bonchev–Trinajstić information content (AvgIpc) is 3.27. The van der Waals surface area contributed by atoms with E-state index >= 15 is 0 Å². The number of aliphatic hydroxyl groups excluding tert-OH is 2. The van der Waals surface area contributed by atoms with Gasteiger partial charge in [0.05, 0.1) is 26.8 Å². The first-order valence-electron chi connectivity index (χ1n) is 12.2. The van der Waals surface area contributed by atoms with E-state index < -0.39 is 0 Å². The third kappa shape index (κ3) is 12.9. The summed E-state index contributed by atoms with van der Waals surface area (Å²) in [7, 11) is 2.13. The lowest BCUT2D eigenvalue weighted by Crippen LogP contribution is -3.00. The largest absolute Gasteiger partial charge is 1.00 e. The van der Waals surface area contributed by atoms with Crippen LogP contribution < -0.4 is 17.0 Å². The van der Waals surface area contributed by atoms with Gasteiger partial charge >= 0.3 is 0 Å². The van der Waals surface area contributed by atoms with Crippen LogP contribution >= 0.6 is 11.8 Å². The first kappa shape index (κ1) is 30.1. The number of halogens is 1. The molecule has 2 aromatic rings. The highest BCUT2D eigenvalue weighted by Crippen LogP contribution is 2.24. The van der Waals surface area contributed by atoms with Crippen molar-refractivity contribution in [1.82, 2.24) is 10.2 Å². The highest BCUT2D eigenvalue weighted by molar-refractivity contribution is 7.99. The van der Waals surface area contributed by atoms with Crippen molar-refractivity contribution in [3.63, 3.8) is 0 Å². The van der Waals surface area contributed by atoms with Crippen molar-refractivity contribution < 1.29 is 36.1 Å². The molecule has 33 heavy (non-hydrogen) atoms. The van der Waals surface area contributed by atoms with E-state index in [2.05, 4.69) is 17.2 Å². The molecule has 0 aliphatic rings. The van der Waals surface area contributed by atoms with Crippen LogP contribution in [0.15, 0.2) is 40.0 Å². The number of benzene rings is 1. The zero-order valence-corrected chi connectivity index (χ0v) is 22.5. The fraction of sp³-hybridized carbons (Fsp3) is 0.680. The Labute approximate surface area is 214 Å². The van der Waals surface area contributed by atoms with Gasteiger partial charge in [0.2, 0.25) is 5.89 Å². The maximum Gasteiger partial charge on any atom is 0.276 e. The lowest BCUT2D eigenvalue weighted by Gasteiger charge is -2.33. The van der Waals surface area contributed by atoms with Gasteiger partial charge in [-0.25, -0.2) is 0 Å². The van der Waals surface area contributed by atoms with Crippen molar-refractivity contribution in [2.75, 3.05) is 45.6 Å². The Morgan fingerprint density at radius 1 is 0.758 bits per heavy atom. The number of rotatable bonds is 19. The number of thioether (sulfide) groups is 1. The predicted octanol–water partition coefficient (Wildman–Crippen LogP) is 2.16. The number of likely N-dealkylation sites (N-methyl/N-ethyl adjacent to an activating group) is 1. The van der Waals surface area contributed by atoms with Gasteiger partial charge in [0, 0.05) is 11.3 Å². The maximum absolute atomic E-state index is 9.20. The van der Waals surface area contributed by atoms with E-state index in [1.807, 2.05) is 30.3 Å². The summed E-state index contributed by atoms with van der Waals surface area (Å²) < 4.78 is 6.51. The minimum atomic E-state index is 0. The van der Waals surface area contributed by atoms with E-state index in [0.717, 1.165) is 35.4 Å². The molecule has 8 heteroatoms. The first-order valence-corrected chi connectivity index (χ1v) is 13.2. The van der Waals surface area contributed by atoms with Gasteiger partial charge in [0.25, 0.3) is 5.22 Å². The van der Waals surface area contributed by atoms with Gasteiger partial charge in [-0.05, 0) is 31.4 Å². The molecule has 1 aromatic heterocycles. The van der Waals surface area contributed by atoms with Crippen LogP contribution in [0.3, 0.4) is 0 Å². The molecule has 1 aromatic carbocycles. The van der Waals surface area contributed by atoms with Crippen LogP contribution in [0.5, 0.6) is 0 Å². The fourth-order valence-electron chi connectivity index (χ4n) is 3.95. The van der Waals surface area contributed by atoms with Crippen molar-refractivity contribution in [3.05, 3.63) is 30.3 Å². The minimum absolute atomic E-state index is 0. The molecule has 0 saturated carbocycles. The van der Waals surface area contributed by atoms with E-state index in [1.165, 1.54) is 64.2 Å². The molecule has 0 amide bonds. The Kier molecular flexibility index (Phi) is 16.8. The van der Waals surface area contributed by atoms with Gasteiger partial charge in [-0.3, -0.25) is 0 Å². The second-order valence-corrected chi connectivity index (χ2v) is 9.91. The Balaban J connectivity index is 0.00000544. The van der Waals surface area contributed by atoms with Crippen LogP contribution in [0, 0.1) is 0 Å². The summed E-state index contributed by atoms with van der Waals surface area (Å²) in [6, 6.07) is 9.89. The number of aromatic nitrogens is 2. The second-order valence-electron chi connectivity index (χ2n) is 8.86. The third-order valence-electron chi connectivity index (χ3n) is 6.02. The van der Waals surface area contributed by atoms with E-state index in [0.29, 0.717) is 11.1 Å². The summed E-state index contributed by atoms with van der Waals surface area (Å²) in [6.07, 6.45) is 12.8. The Bertz CT molecular complexity index is 712. The van der Waals surface area contributed by atoms with Crippen LogP contribution in [-0.2, 0) is 0 Å². The molecular formula is C25H42BrN3O3S. The summed E-state index contributed by atoms with van der Waals surface area (Å²) >= 11 is 1.65. The number of nitrogens with zero attached hydrogens (tertiary/aromatic N) is 3. The maximum atomic E-state index is 9.20. The van der Waals surface area contributed by atoms with E-state index in [9.17, 15) is 10.2 Å². The SMILES string of the molecule is C[N+](CCO)(CCO)CCCCCCCCCCCCSc1nnc(-c2ccccc2)o1.[Br-]. The number of quaternary nitrogens is 1. The summed E-state index contributed by atoms with van der Waals surface area (Å²) in [6.45, 7) is 2.92. The number of hydrogen-bond acceptors (Lipinski definition) is 6. The highest BCUT2D eigenvalue weighted by atomic mass is 79.9. The minimum Gasteiger partial charge on any atom is -1.00 e. The van der Waals surface area contributed by atoms with E-state index in [1.54, 1.807) is 11.8 Å². The number of aliphatic hydroxyl groups is 2. The summed E-state index contributed by atoms with van der Waals surface area (Å²) in [5, 5.41) is 27.3. The van der Waals surface area contributed by atoms with Crippen molar-refractivity contribution in [1.29, 1.82) is 0 Å². The molecule has 0 unspecified atom stereocenters. The fourth-order valence-corrected chi connectivity index (χ4v) is 4.71. The molecule has 1 heterocycles. The van der Waals surface area contributed by atoms with Crippen molar-refractivity contribution in [2.24, 2.45) is 0 Å². The van der Waals surface area contributed by atoms with Gasteiger partial charge in [0.1, 0.15) is 13.1 Å². The van der Waals surface area contributed by atoms with Crippen molar-refractivity contribution in [3.8, 4) is 11.5 Å². The molecule has 6 nitrogen and oxygen atoms in total. The molecular weight excluding hydrogens is 502 g/mol. The molecule has 0 bridgehead atoms. The Hall–Kier alpha value is -0.930. The molecule has 188 valence electrons. The Morgan fingerprint density at radius 3 is 1.88 bits per heavy atom. The third-order valence-corrected chi connectivity index (χ3v) is 6.93. The van der Waals surface area contributed by atoms with Crippen molar-refractivity contribution >= 4 is 11.8 Å². The first-order chi connectivity index (χ1) is 15.7. The van der Waals surface area contributed by atoms with Gasteiger partial charge in [-0.1, -0.05) is 74.9 Å². The molecule has 2 rings (SSSR count). The molecule has 0 saturated heterocycles. The number of unbranched alkanes of at least 4 members (excludes halogenated alkanes) is 9. The molecule has 0 spiro atoms. The van der Waals surface area contributed by atoms with Crippen molar-refractivity contribution in [2.45, 2.75) is 69.4 Å². The quantitative estimate of drug-likeness (QED) is 0.160. The van der Waals surface area contributed by atoms with E-state index in [4.69, 9.17) is 4.42 Å². The van der Waals surface area contributed by atoms with Crippen LogP contribution in [0.1, 0.15) is 64.2 Å². The molecule has 0 aliphatic heterocycles. The zero-order chi connectivity index (χ0) is 22.9. The predicted molar refractivity (Wildman–Crippen MR) is 132 cm³/mol. The lowest BCUT2D eigenvalue weighted by molar-refractivity contribution is -0.910. The molecule has 0 fully saturated rings.